The minimum atomic E-state index is -1.24. The lowest BCUT2D eigenvalue weighted by Gasteiger charge is -2.05. The number of benzene rings is 1. The molecular formula is C12H11F2N3O2S. The number of aromatic nitrogens is 2. The van der Waals surface area contributed by atoms with Crippen LogP contribution in [-0.2, 0) is 0 Å². The molecule has 5 nitrogen and oxygen atoms in total. The molecule has 0 saturated carbocycles. The Kier molecular flexibility index (Phi) is 3.93. The van der Waals surface area contributed by atoms with Crippen LogP contribution >= 0.6 is 11.8 Å². The molecule has 8 heteroatoms. The fourth-order valence-electron chi connectivity index (χ4n) is 1.69. The van der Waals surface area contributed by atoms with Crippen LogP contribution < -0.4 is 5.73 Å². The Morgan fingerprint density at radius 1 is 1.50 bits per heavy atom. The van der Waals surface area contributed by atoms with Gasteiger partial charge >= 0.3 is 5.97 Å². The molecule has 0 aliphatic heterocycles. The van der Waals surface area contributed by atoms with Gasteiger partial charge in [0, 0.05) is 6.07 Å². The molecule has 0 unspecified atom stereocenters. The summed E-state index contributed by atoms with van der Waals surface area (Å²) in [4.78, 5) is 11.2. The number of nitrogens with zero attached hydrogens (tertiary/aromatic N) is 2. The second-order valence-corrected chi connectivity index (χ2v) is 5.06. The standard InChI is InChI=1S/C12H11F2N3O2S/c1-2-20-11-9(12(18)19)10(15)17(16-11)8-4-3-6(13)5-7(8)14/h3-5H,2,15H2,1H3,(H,18,19). The zero-order chi connectivity index (χ0) is 14.9. The van der Waals surface area contributed by atoms with Gasteiger partial charge in [0.2, 0.25) is 0 Å². The fourth-order valence-corrected chi connectivity index (χ4v) is 2.43. The first-order valence-corrected chi connectivity index (χ1v) is 6.64. The van der Waals surface area contributed by atoms with Crippen LogP contribution in [-0.4, -0.2) is 26.6 Å². The monoisotopic (exact) mass is 299 g/mol. The molecule has 1 aromatic carbocycles. The predicted molar refractivity (Wildman–Crippen MR) is 71.2 cm³/mol. The molecule has 0 spiro atoms. The van der Waals surface area contributed by atoms with Crippen LogP contribution in [0, 0.1) is 11.6 Å². The number of carbonyl (C=O) groups is 1. The van der Waals surface area contributed by atoms with Gasteiger partial charge in [-0.15, -0.1) is 11.8 Å². The molecule has 0 aliphatic rings. The molecule has 0 aliphatic carbocycles. The molecular weight excluding hydrogens is 288 g/mol. The van der Waals surface area contributed by atoms with E-state index in [-0.39, 0.29) is 22.1 Å². The molecule has 1 aromatic heterocycles. The third-order valence-electron chi connectivity index (χ3n) is 2.52. The van der Waals surface area contributed by atoms with Crippen LogP contribution in [0.3, 0.4) is 0 Å². The normalized spacial score (nSPS) is 10.8. The van der Waals surface area contributed by atoms with E-state index in [2.05, 4.69) is 5.10 Å². The van der Waals surface area contributed by atoms with Crippen LogP contribution in [0.15, 0.2) is 23.2 Å². The molecule has 0 radical (unpaired) electrons. The topological polar surface area (TPSA) is 81.1 Å². The van der Waals surface area contributed by atoms with E-state index < -0.39 is 17.6 Å². The summed E-state index contributed by atoms with van der Waals surface area (Å²) in [5.41, 5.74) is 5.44. The van der Waals surface area contributed by atoms with Gasteiger partial charge in [-0.2, -0.15) is 5.10 Å². The Labute approximate surface area is 117 Å². The molecule has 0 amide bonds. The van der Waals surface area contributed by atoms with E-state index >= 15 is 0 Å². The highest BCUT2D eigenvalue weighted by Gasteiger charge is 2.23. The molecule has 3 N–H and O–H groups in total. The van der Waals surface area contributed by atoms with Crippen molar-refractivity contribution in [2.24, 2.45) is 0 Å². The molecule has 106 valence electrons. The largest absolute Gasteiger partial charge is 0.477 e. The summed E-state index contributed by atoms with van der Waals surface area (Å²) in [6.07, 6.45) is 0. The lowest BCUT2D eigenvalue weighted by Crippen LogP contribution is -2.07. The smallest absolute Gasteiger partial charge is 0.342 e. The summed E-state index contributed by atoms with van der Waals surface area (Å²) in [7, 11) is 0. The third-order valence-corrected chi connectivity index (χ3v) is 3.37. The van der Waals surface area contributed by atoms with Crippen molar-refractivity contribution >= 4 is 23.5 Å². The van der Waals surface area contributed by atoms with Gasteiger partial charge in [0.15, 0.2) is 5.82 Å². The Hall–Kier alpha value is -2.09. The van der Waals surface area contributed by atoms with Crippen molar-refractivity contribution in [3.63, 3.8) is 0 Å². The Bertz CT molecular complexity index is 673. The number of nitrogens with two attached hydrogens (primary N) is 1. The number of hydrogen-bond acceptors (Lipinski definition) is 4. The lowest BCUT2D eigenvalue weighted by atomic mass is 10.3. The van der Waals surface area contributed by atoms with Crippen molar-refractivity contribution in [2.45, 2.75) is 11.9 Å². The molecule has 2 rings (SSSR count). The van der Waals surface area contributed by atoms with Crippen molar-refractivity contribution in [3.8, 4) is 5.69 Å². The minimum absolute atomic E-state index is 0.102. The first-order valence-electron chi connectivity index (χ1n) is 5.65. The average molecular weight is 299 g/mol. The lowest BCUT2D eigenvalue weighted by molar-refractivity contribution is 0.0694. The van der Waals surface area contributed by atoms with E-state index in [1.165, 1.54) is 11.8 Å². The van der Waals surface area contributed by atoms with Gasteiger partial charge < -0.3 is 10.8 Å². The number of thioether (sulfide) groups is 1. The van der Waals surface area contributed by atoms with Gasteiger partial charge in [-0.25, -0.2) is 18.3 Å². The highest BCUT2D eigenvalue weighted by Crippen LogP contribution is 2.29. The van der Waals surface area contributed by atoms with Crippen molar-refractivity contribution < 1.29 is 18.7 Å². The molecule has 0 bridgehead atoms. The van der Waals surface area contributed by atoms with E-state index in [0.29, 0.717) is 11.8 Å². The maximum atomic E-state index is 13.7. The number of hydrogen-bond donors (Lipinski definition) is 2. The van der Waals surface area contributed by atoms with Gasteiger partial charge in [0.05, 0.1) is 0 Å². The molecule has 1 heterocycles. The van der Waals surface area contributed by atoms with Crippen LogP contribution in [0.4, 0.5) is 14.6 Å². The highest BCUT2D eigenvalue weighted by atomic mass is 32.2. The van der Waals surface area contributed by atoms with Gasteiger partial charge in [-0.05, 0) is 17.9 Å². The molecule has 0 saturated heterocycles. The van der Waals surface area contributed by atoms with E-state index in [1.807, 2.05) is 6.92 Å². The first-order chi connectivity index (χ1) is 9.45. The SMILES string of the molecule is CCSc1nn(-c2ccc(F)cc2F)c(N)c1C(=O)O. The van der Waals surface area contributed by atoms with Crippen LogP contribution in [0.1, 0.15) is 17.3 Å². The van der Waals surface area contributed by atoms with Gasteiger partial charge in [0.1, 0.15) is 27.9 Å². The first kappa shape index (κ1) is 14.3. The Morgan fingerprint density at radius 3 is 2.75 bits per heavy atom. The van der Waals surface area contributed by atoms with Crippen molar-refractivity contribution in [3.05, 3.63) is 35.4 Å². The van der Waals surface area contributed by atoms with Crippen LogP contribution in [0.25, 0.3) is 5.69 Å². The highest BCUT2D eigenvalue weighted by molar-refractivity contribution is 7.99. The predicted octanol–water partition coefficient (Wildman–Crippen LogP) is 2.54. The zero-order valence-corrected chi connectivity index (χ0v) is 11.2. The maximum absolute atomic E-state index is 13.7. The number of nitrogen functional groups attached to an aromatic ring is 1. The maximum Gasteiger partial charge on any atom is 0.342 e. The number of carboxylic acids is 1. The summed E-state index contributed by atoms with van der Waals surface area (Å²) >= 11 is 1.18. The second-order valence-electron chi connectivity index (χ2n) is 3.81. The fraction of sp³-hybridized carbons (Fsp3) is 0.167. The van der Waals surface area contributed by atoms with Crippen molar-refractivity contribution in [2.75, 3.05) is 11.5 Å². The van der Waals surface area contributed by atoms with Crippen molar-refractivity contribution in [1.82, 2.24) is 9.78 Å². The third kappa shape index (κ3) is 2.46. The van der Waals surface area contributed by atoms with Gasteiger partial charge in [0.25, 0.3) is 0 Å². The van der Waals surface area contributed by atoms with Crippen LogP contribution in [0.5, 0.6) is 0 Å². The molecule has 0 fully saturated rings. The number of halogens is 2. The minimum Gasteiger partial charge on any atom is -0.477 e. The average Bonchev–Trinajstić information content (AvgIpc) is 2.67. The van der Waals surface area contributed by atoms with E-state index in [1.54, 1.807) is 0 Å². The van der Waals surface area contributed by atoms with Crippen molar-refractivity contribution in [1.29, 1.82) is 0 Å². The summed E-state index contributed by atoms with van der Waals surface area (Å²) in [5, 5.41) is 13.3. The summed E-state index contributed by atoms with van der Waals surface area (Å²) in [5.74, 6) is -2.46. The second kappa shape index (κ2) is 5.49. The zero-order valence-electron chi connectivity index (χ0n) is 10.4. The molecule has 20 heavy (non-hydrogen) atoms. The number of carboxylic acid groups (broad SMARTS) is 1. The quantitative estimate of drug-likeness (QED) is 0.848. The Balaban J connectivity index is 2.63. The number of rotatable bonds is 4. The number of aromatic carboxylic acids is 1. The van der Waals surface area contributed by atoms with Gasteiger partial charge in [-0.1, -0.05) is 6.92 Å². The Morgan fingerprint density at radius 2 is 2.20 bits per heavy atom. The number of anilines is 1. The van der Waals surface area contributed by atoms with E-state index in [4.69, 9.17) is 10.8 Å². The molecule has 0 atom stereocenters. The van der Waals surface area contributed by atoms with E-state index in [9.17, 15) is 13.6 Å². The van der Waals surface area contributed by atoms with Crippen LogP contribution in [0.2, 0.25) is 0 Å². The molecule has 2 aromatic rings. The summed E-state index contributed by atoms with van der Waals surface area (Å²) in [6, 6.07) is 2.89. The van der Waals surface area contributed by atoms with E-state index in [0.717, 1.165) is 16.8 Å². The summed E-state index contributed by atoms with van der Waals surface area (Å²) < 4.78 is 27.6. The van der Waals surface area contributed by atoms with Gasteiger partial charge in [-0.3, -0.25) is 0 Å². The summed E-state index contributed by atoms with van der Waals surface area (Å²) in [6.45, 7) is 1.82.